The fourth-order valence-corrected chi connectivity index (χ4v) is 5.09. The summed E-state index contributed by atoms with van der Waals surface area (Å²) in [6, 6.07) is 10.2. The van der Waals surface area contributed by atoms with E-state index in [1.54, 1.807) is 11.8 Å². The van der Waals surface area contributed by atoms with Crippen molar-refractivity contribution in [2.24, 2.45) is 5.92 Å². The van der Waals surface area contributed by atoms with Crippen molar-refractivity contribution in [3.63, 3.8) is 0 Å². The summed E-state index contributed by atoms with van der Waals surface area (Å²) >= 11 is 8.23. The van der Waals surface area contributed by atoms with Gasteiger partial charge in [-0.1, -0.05) is 49.4 Å². The van der Waals surface area contributed by atoms with Crippen molar-refractivity contribution < 1.29 is 5.11 Å². The molecule has 1 aromatic heterocycles. The average molecular weight is 406 g/mol. The van der Waals surface area contributed by atoms with Gasteiger partial charge in [-0.2, -0.15) is 0 Å². The molecular formula is C22H28ClNO2S. The van der Waals surface area contributed by atoms with Gasteiger partial charge in [0.15, 0.2) is 0 Å². The summed E-state index contributed by atoms with van der Waals surface area (Å²) in [7, 11) is 0. The Labute approximate surface area is 170 Å². The van der Waals surface area contributed by atoms with Crippen LogP contribution in [0.2, 0.25) is 5.02 Å². The lowest BCUT2D eigenvalue weighted by atomic mass is 9.85. The Kier molecular flexibility index (Phi) is 7.45. The highest BCUT2D eigenvalue weighted by atomic mass is 35.5. The Hall–Kier alpha value is -1.23. The van der Waals surface area contributed by atoms with Crippen molar-refractivity contribution in [1.82, 2.24) is 4.98 Å². The van der Waals surface area contributed by atoms with Gasteiger partial charge < -0.3 is 10.1 Å². The molecule has 0 radical (unpaired) electrons. The highest BCUT2D eigenvalue weighted by Crippen LogP contribution is 2.39. The highest BCUT2D eigenvalue weighted by molar-refractivity contribution is 7.99. The van der Waals surface area contributed by atoms with Crippen LogP contribution in [0.3, 0.4) is 0 Å². The quantitative estimate of drug-likeness (QED) is 0.448. The van der Waals surface area contributed by atoms with E-state index in [-0.39, 0.29) is 18.1 Å². The summed E-state index contributed by atoms with van der Waals surface area (Å²) in [5, 5.41) is 9.71. The van der Waals surface area contributed by atoms with E-state index >= 15 is 0 Å². The van der Waals surface area contributed by atoms with Crippen LogP contribution in [0.5, 0.6) is 0 Å². The molecule has 0 amide bonds. The van der Waals surface area contributed by atoms with Gasteiger partial charge in [0.2, 0.25) is 0 Å². The summed E-state index contributed by atoms with van der Waals surface area (Å²) in [5.41, 5.74) is 2.88. The molecule has 5 heteroatoms. The number of thioether (sulfide) groups is 1. The van der Waals surface area contributed by atoms with Gasteiger partial charge in [0.05, 0.1) is 5.02 Å². The SMILES string of the molecule is Cc1ccc(C(CC2CCCC2)c2ccc(SCCCO)c(Cl)c2)[nH]c1=O. The van der Waals surface area contributed by atoms with Crippen molar-refractivity contribution in [2.75, 3.05) is 12.4 Å². The zero-order valence-electron chi connectivity index (χ0n) is 15.8. The summed E-state index contributed by atoms with van der Waals surface area (Å²) in [5.74, 6) is 1.72. The normalized spacial score (nSPS) is 16.0. The lowest BCUT2D eigenvalue weighted by Crippen LogP contribution is -2.16. The molecule has 146 valence electrons. The van der Waals surface area contributed by atoms with E-state index in [1.807, 2.05) is 19.1 Å². The van der Waals surface area contributed by atoms with Crippen LogP contribution < -0.4 is 5.56 Å². The Balaban J connectivity index is 1.88. The van der Waals surface area contributed by atoms with Crippen molar-refractivity contribution in [1.29, 1.82) is 0 Å². The lowest BCUT2D eigenvalue weighted by molar-refractivity contribution is 0.296. The third-order valence-corrected chi connectivity index (χ3v) is 7.05. The maximum Gasteiger partial charge on any atom is 0.251 e. The third kappa shape index (κ3) is 5.40. The second kappa shape index (κ2) is 9.81. The van der Waals surface area contributed by atoms with Gasteiger partial charge >= 0.3 is 0 Å². The van der Waals surface area contributed by atoms with E-state index in [4.69, 9.17) is 16.7 Å². The molecule has 3 rings (SSSR count). The minimum atomic E-state index is -0.00815. The summed E-state index contributed by atoms with van der Waals surface area (Å²) in [4.78, 5) is 16.3. The van der Waals surface area contributed by atoms with Crippen LogP contribution in [0, 0.1) is 12.8 Å². The fourth-order valence-electron chi connectivity index (χ4n) is 3.88. The number of H-pyrrole nitrogens is 1. The summed E-state index contributed by atoms with van der Waals surface area (Å²) in [6.45, 7) is 2.04. The molecule has 1 saturated carbocycles. The van der Waals surface area contributed by atoms with Gasteiger partial charge in [-0.3, -0.25) is 4.79 Å². The molecular weight excluding hydrogens is 378 g/mol. The Bertz CT molecular complexity index is 814. The molecule has 2 aromatic rings. The third-order valence-electron chi connectivity index (χ3n) is 5.47. The van der Waals surface area contributed by atoms with Crippen LogP contribution in [0.25, 0.3) is 0 Å². The van der Waals surface area contributed by atoms with E-state index in [9.17, 15) is 4.79 Å². The van der Waals surface area contributed by atoms with Crippen molar-refractivity contribution in [3.05, 3.63) is 62.5 Å². The molecule has 0 saturated heterocycles. The number of aliphatic hydroxyl groups excluding tert-OH is 1. The van der Waals surface area contributed by atoms with Gasteiger partial charge in [0.25, 0.3) is 5.56 Å². The maximum absolute atomic E-state index is 12.2. The van der Waals surface area contributed by atoms with Crippen LogP contribution >= 0.6 is 23.4 Å². The van der Waals surface area contributed by atoms with Gasteiger partial charge in [-0.15, -0.1) is 11.8 Å². The molecule has 1 aromatic carbocycles. The molecule has 1 fully saturated rings. The van der Waals surface area contributed by atoms with Crippen molar-refractivity contribution in [2.45, 2.75) is 56.3 Å². The fraction of sp³-hybridized carbons (Fsp3) is 0.500. The number of aliphatic hydroxyl groups is 1. The largest absolute Gasteiger partial charge is 0.396 e. The zero-order valence-corrected chi connectivity index (χ0v) is 17.4. The molecule has 1 aliphatic carbocycles. The minimum Gasteiger partial charge on any atom is -0.396 e. The molecule has 1 atom stereocenters. The Morgan fingerprint density at radius 2 is 2.04 bits per heavy atom. The number of aromatic amines is 1. The number of hydrogen-bond donors (Lipinski definition) is 2. The number of aryl methyl sites for hydroxylation is 1. The maximum atomic E-state index is 12.2. The van der Waals surface area contributed by atoms with Crippen molar-refractivity contribution >= 4 is 23.4 Å². The number of halogens is 1. The van der Waals surface area contributed by atoms with Crippen LogP contribution in [0.4, 0.5) is 0 Å². The Morgan fingerprint density at radius 1 is 1.26 bits per heavy atom. The molecule has 0 spiro atoms. The minimum absolute atomic E-state index is 0.00815. The first-order valence-electron chi connectivity index (χ1n) is 9.81. The Morgan fingerprint density at radius 3 is 2.70 bits per heavy atom. The van der Waals surface area contributed by atoms with Gasteiger partial charge in [0.1, 0.15) is 0 Å². The molecule has 0 bridgehead atoms. The topological polar surface area (TPSA) is 53.1 Å². The number of rotatable bonds is 8. The van der Waals surface area contributed by atoms with Crippen LogP contribution in [0.1, 0.15) is 61.3 Å². The molecule has 1 heterocycles. The number of aromatic nitrogens is 1. The standard InChI is InChI=1S/C22H28ClNO2S/c1-15-7-9-20(24-22(15)26)18(13-16-5-2-3-6-16)17-8-10-21(19(23)14-17)27-12-4-11-25/h7-10,14,16,18,25H,2-6,11-13H2,1H3,(H,24,26). The predicted molar refractivity (Wildman–Crippen MR) is 114 cm³/mol. The zero-order chi connectivity index (χ0) is 19.2. The van der Waals surface area contributed by atoms with Gasteiger partial charge in [-0.25, -0.2) is 0 Å². The average Bonchev–Trinajstić information content (AvgIpc) is 3.17. The first-order valence-corrected chi connectivity index (χ1v) is 11.2. The second-order valence-corrected chi connectivity index (χ2v) is 9.02. The van der Waals surface area contributed by atoms with Crippen LogP contribution in [0.15, 0.2) is 40.0 Å². The lowest BCUT2D eigenvalue weighted by Gasteiger charge is -2.22. The molecule has 1 unspecified atom stereocenters. The molecule has 27 heavy (non-hydrogen) atoms. The van der Waals surface area contributed by atoms with E-state index in [2.05, 4.69) is 23.2 Å². The molecule has 2 N–H and O–H groups in total. The first-order chi connectivity index (χ1) is 13.1. The van der Waals surface area contributed by atoms with Gasteiger partial charge in [-0.05, 0) is 49.4 Å². The molecule has 0 aliphatic heterocycles. The number of benzene rings is 1. The molecule has 1 aliphatic rings. The predicted octanol–water partition coefficient (Wildman–Crippen LogP) is 5.52. The second-order valence-electron chi connectivity index (χ2n) is 7.48. The monoisotopic (exact) mass is 405 g/mol. The van der Waals surface area contributed by atoms with E-state index in [0.717, 1.165) is 45.3 Å². The van der Waals surface area contributed by atoms with E-state index in [1.165, 1.54) is 25.7 Å². The number of nitrogens with one attached hydrogen (secondary N) is 1. The number of hydrogen-bond acceptors (Lipinski definition) is 3. The van der Waals surface area contributed by atoms with Crippen LogP contribution in [-0.2, 0) is 0 Å². The van der Waals surface area contributed by atoms with Gasteiger partial charge in [0, 0.05) is 34.4 Å². The molecule has 3 nitrogen and oxygen atoms in total. The smallest absolute Gasteiger partial charge is 0.251 e. The summed E-state index contributed by atoms with van der Waals surface area (Å²) in [6.07, 6.45) is 6.97. The van der Waals surface area contributed by atoms with E-state index < -0.39 is 0 Å². The number of pyridine rings is 1. The van der Waals surface area contributed by atoms with Crippen LogP contribution in [-0.4, -0.2) is 22.5 Å². The van der Waals surface area contributed by atoms with Crippen molar-refractivity contribution in [3.8, 4) is 0 Å². The first kappa shape index (κ1) is 20.5. The highest BCUT2D eigenvalue weighted by Gasteiger charge is 2.24. The van der Waals surface area contributed by atoms with E-state index in [0.29, 0.717) is 5.92 Å². The summed E-state index contributed by atoms with van der Waals surface area (Å²) < 4.78 is 0.